The summed E-state index contributed by atoms with van der Waals surface area (Å²) in [5.74, 6) is -0.156. The van der Waals surface area contributed by atoms with E-state index < -0.39 is 10.0 Å². The highest BCUT2D eigenvalue weighted by atomic mass is 35.5. The summed E-state index contributed by atoms with van der Waals surface area (Å²) < 4.78 is 30.4. The first-order valence-corrected chi connectivity index (χ1v) is 7.38. The van der Waals surface area contributed by atoms with E-state index in [0.29, 0.717) is 5.56 Å². The Balaban J connectivity index is 2.96. The molecule has 0 radical (unpaired) electrons. The molecular weight excluding hydrogens is 296 g/mol. The summed E-state index contributed by atoms with van der Waals surface area (Å²) in [7, 11) is -2.08. The minimum atomic E-state index is -3.51. The molecule has 0 aliphatic rings. The van der Waals surface area contributed by atoms with E-state index in [1.807, 2.05) is 0 Å². The van der Waals surface area contributed by atoms with Gasteiger partial charge in [0.1, 0.15) is 4.99 Å². The van der Waals surface area contributed by atoms with Crippen LogP contribution in [-0.2, 0) is 14.8 Å². The third kappa shape index (κ3) is 4.41. The molecule has 0 saturated carbocycles. The molecule has 0 bridgehead atoms. The van der Waals surface area contributed by atoms with Gasteiger partial charge in [-0.2, -0.15) is 0 Å². The van der Waals surface area contributed by atoms with Crippen molar-refractivity contribution in [1.82, 2.24) is 0 Å². The van der Waals surface area contributed by atoms with Gasteiger partial charge in [-0.05, 0) is 12.1 Å². The first kappa shape index (κ1) is 15.2. The Morgan fingerprint density at radius 2 is 2.22 bits per heavy atom. The predicted octanol–water partition coefficient (Wildman–Crippen LogP) is 1.36. The van der Waals surface area contributed by atoms with Gasteiger partial charge in [-0.3, -0.25) is 4.72 Å². The van der Waals surface area contributed by atoms with E-state index in [9.17, 15) is 8.42 Å². The van der Waals surface area contributed by atoms with Crippen LogP contribution in [0.15, 0.2) is 18.2 Å². The first-order chi connectivity index (χ1) is 8.35. The normalized spacial score (nSPS) is 11.2. The van der Waals surface area contributed by atoms with Gasteiger partial charge in [-0.25, -0.2) is 8.42 Å². The standard InChI is InChI=1S/C10H13ClN2O3S2/c1-16-4-5-18(14,15)13-9-6-7(10(12)17)2-3-8(9)11/h2-3,6,13H,4-5H2,1H3,(H2,12,17). The first-order valence-electron chi connectivity index (χ1n) is 4.94. The second-order valence-corrected chi connectivity index (χ2v) is 6.16. The smallest absolute Gasteiger partial charge is 0.235 e. The van der Waals surface area contributed by atoms with Crippen LogP contribution in [0.1, 0.15) is 5.56 Å². The van der Waals surface area contributed by atoms with Crippen molar-refractivity contribution in [1.29, 1.82) is 0 Å². The zero-order valence-electron chi connectivity index (χ0n) is 9.64. The maximum Gasteiger partial charge on any atom is 0.235 e. The molecule has 1 rings (SSSR count). The van der Waals surface area contributed by atoms with Gasteiger partial charge in [0.25, 0.3) is 0 Å². The lowest BCUT2D eigenvalue weighted by molar-refractivity contribution is 0.217. The largest absolute Gasteiger partial charge is 0.389 e. The van der Waals surface area contributed by atoms with Crippen molar-refractivity contribution < 1.29 is 13.2 Å². The molecule has 100 valence electrons. The highest BCUT2D eigenvalue weighted by molar-refractivity contribution is 7.92. The number of methoxy groups -OCH3 is 1. The number of nitrogens with two attached hydrogens (primary N) is 1. The fraction of sp³-hybridized carbons (Fsp3) is 0.300. The maximum atomic E-state index is 11.7. The Morgan fingerprint density at radius 1 is 1.56 bits per heavy atom. The van der Waals surface area contributed by atoms with Gasteiger partial charge in [-0.15, -0.1) is 0 Å². The molecule has 0 amide bonds. The van der Waals surface area contributed by atoms with Crippen LogP contribution in [0, 0.1) is 0 Å². The van der Waals surface area contributed by atoms with Crippen LogP contribution in [0.3, 0.4) is 0 Å². The van der Waals surface area contributed by atoms with E-state index in [-0.39, 0.29) is 28.1 Å². The molecule has 0 spiro atoms. The van der Waals surface area contributed by atoms with Crippen molar-refractivity contribution in [2.45, 2.75) is 0 Å². The number of benzene rings is 1. The van der Waals surface area contributed by atoms with Crippen LogP contribution >= 0.6 is 23.8 Å². The monoisotopic (exact) mass is 308 g/mol. The molecule has 0 atom stereocenters. The minimum absolute atomic E-state index is 0.0992. The van der Waals surface area contributed by atoms with Crippen LogP contribution in [0.25, 0.3) is 0 Å². The Kier molecular flexibility index (Phi) is 5.33. The van der Waals surface area contributed by atoms with Gasteiger partial charge in [0.2, 0.25) is 10.0 Å². The summed E-state index contributed by atoms with van der Waals surface area (Å²) in [5.41, 5.74) is 6.26. The third-order valence-corrected chi connectivity index (χ3v) is 3.87. The number of thiocarbonyl (C=S) groups is 1. The molecule has 8 heteroatoms. The SMILES string of the molecule is COCCS(=O)(=O)Nc1cc(C(N)=S)ccc1Cl. The highest BCUT2D eigenvalue weighted by Crippen LogP contribution is 2.24. The summed E-state index contributed by atoms with van der Waals surface area (Å²) in [6.45, 7) is 0.0992. The zero-order chi connectivity index (χ0) is 13.8. The van der Waals surface area contributed by atoms with Crippen LogP contribution in [-0.4, -0.2) is 32.9 Å². The van der Waals surface area contributed by atoms with Crippen molar-refractivity contribution in [3.8, 4) is 0 Å². The van der Waals surface area contributed by atoms with E-state index >= 15 is 0 Å². The Morgan fingerprint density at radius 3 is 2.78 bits per heavy atom. The van der Waals surface area contributed by atoms with E-state index in [1.165, 1.54) is 19.2 Å². The van der Waals surface area contributed by atoms with Crippen LogP contribution in [0.2, 0.25) is 5.02 Å². The summed E-state index contributed by atoms with van der Waals surface area (Å²) in [6, 6.07) is 4.65. The molecule has 5 nitrogen and oxygen atoms in total. The van der Waals surface area contributed by atoms with Gasteiger partial charge in [-0.1, -0.05) is 29.9 Å². The second-order valence-electron chi connectivity index (χ2n) is 3.47. The zero-order valence-corrected chi connectivity index (χ0v) is 12.0. The summed E-state index contributed by atoms with van der Waals surface area (Å²) in [6.07, 6.45) is 0. The lowest BCUT2D eigenvalue weighted by atomic mass is 10.2. The quantitative estimate of drug-likeness (QED) is 0.776. The number of halogens is 1. The molecule has 3 N–H and O–H groups in total. The molecule has 1 aromatic carbocycles. The van der Waals surface area contributed by atoms with Crippen LogP contribution < -0.4 is 10.5 Å². The molecule has 0 aliphatic carbocycles. The molecule has 1 aromatic rings. The van der Waals surface area contributed by atoms with Gasteiger partial charge in [0.05, 0.1) is 23.1 Å². The Labute approximate surface area is 116 Å². The Bertz CT molecular complexity index is 546. The number of anilines is 1. The fourth-order valence-electron chi connectivity index (χ4n) is 1.17. The third-order valence-electron chi connectivity index (χ3n) is 2.07. The van der Waals surface area contributed by atoms with Gasteiger partial charge >= 0.3 is 0 Å². The number of nitrogens with one attached hydrogen (secondary N) is 1. The number of hydrogen-bond donors (Lipinski definition) is 2. The number of ether oxygens (including phenoxy) is 1. The van der Waals surface area contributed by atoms with E-state index in [4.69, 9.17) is 34.3 Å². The van der Waals surface area contributed by atoms with Crippen molar-refractivity contribution in [3.05, 3.63) is 28.8 Å². The molecular formula is C10H13ClN2O3S2. The van der Waals surface area contributed by atoms with Gasteiger partial charge in [0, 0.05) is 12.7 Å². The average Bonchev–Trinajstić information content (AvgIpc) is 2.29. The maximum absolute atomic E-state index is 11.7. The second kappa shape index (κ2) is 6.33. The molecule has 0 unspecified atom stereocenters. The summed E-state index contributed by atoms with van der Waals surface area (Å²) in [5, 5.41) is 0.274. The van der Waals surface area contributed by atoms with Crippen molar-refractivity contribution in [2.24, 2.45) is 5.73 Å². The highest BCUT2D eigenvalue weighted by Gasteiger charge is 2.13. The van der Waals surface area contributed by atoms with Crippen molar-refractivity contribution in [3.63, 3.8) is 0 Å². The summed E-state index contributed by atoms with van der Waals surface area (Å²) in [4.78, 5) is 0.170. The molecule has 0 fully saturated rings. The average molecular weight is 309 g/mol. The molecule has 0 aliphatic heterocycles. The van der Waals surface area contributed by atoms with Crippen molar-refractivity contribution in [2.75, 3.05) is 24.2 Å². The van der Waals surface area contributed by atoms with E-state index in [2.05, 4.69) is 4.72 Å². The van der Waals surface area contributed by atoms with Gasteiger partial charge < -0.3 is 10.5 Å². The van der Waals surface area contributed by atoms with Crippen LogP contribution in [0.5, 0.6) is 0 Å². The topological polar surface area (TPSA) is 81.4 Å². The Hall–Kier alpha value is -0.890. The lowest BCUT2D eigenvalue weighted by Crippen LogP contribution is -2.20. The fourth-order valence-corrected chi connectivity index (χ4v) is 2.51. The van der Waals surface area contributed by atoms with E-state index in [0.717, 1.165) is 0 Å². The predicted molar refractivity (Wildman–Crippen MR) is 76.6 cm³/mol. The van der Waals surface area contributed by atoms with Gasteiger partial charge in [0.15, 0.2) is 0 Å². The molecule has 0 aromatic heterocycles. The number of sulfonamides is 1. The summed E-state index contributed by atoms with van der Waals surface area (Å²) >= 11 is 10.7. The number of rotatable bonds is 6. The molecule has 18 heavy (non-hydrogen) atoms. The molecule has 0 saturated heterocycles. The van der Waals surface area contributed by atoms with Crippen LogP contribution in [0.4, 0.5) is 5.69 Å². The minimum Gasteiger partial charge on any atom is -0.389 e. The van der Waals surface area contributed by atoms with E-state index in [1.54, 1.807) is 6.07 Å². The molecule has 0 heterocycles. The van der Waals surface area contributed by atoms with Crippen molar-refractivity contribution >= 4 is 44.5 Å². The number of hydrogen-bond acceptors (Lipinski definition) is 4. The lowest BCUT2D eigenvalue weighted by Gasteiger charge is -2.10.